The van der Waals surface area contributed by atoms with Crippen LogP contribution in [0.4, 0.5) is 0 Å². The molecule has 0 unspecified atom stereocenters. The molecule has 0 fully saturated rings. The van der Waals surface area contributed by atoms with Gasteiger partial charge in [-0.3, -0.25) is 4.79 Å². The molecule has 13 heavy (non-hydrogen) atoms. The Hall–Kier alpha value is -0.790. The number of hydrogen-bond acceptors (Lipinski definition) is 2. The van der Waals surface area contributed by atoms with Crippen LogP contribution in [0.5, 0.6) is 0 Å². The molecule has 0 radical (unpaired) electrons. The minimum absolute atomic E-state index is 0.0316. The Morgan fingerprint density at radius 2 is 1.62 bits per heavy atom. The molecule has 0 aliphatic heterocycles. The molecule has 0 aliphatic rings. The van der Waals surface area contributed by atoms with Gasteiger partial charge in [-0.2, -0.15) is 0 Å². The van der Waals surface area contributed by atoms with E-state index in [1.165, 1.54) is 0 Å². The summed E-state index contributed by atoms with van der Waals surface area (Å²) in [5.41, 5.74) is 0.588. The highest BCUT2D eigenvalue weighted by atomic mass is 16.3. The molecular weight excluding hydrogens is 164 g/mol. The van der Waals surface area contributed by atoms with Crippen LogP contribution in [0.25, 0.3) is 0 Å². The van der Waals surface area contributed by atoms with Crippen molar-refractivity contribution >= 4 is 5.78 Å². The number of rotatable bonds is 4. The fourth-order valence-corrected chi connectivity index (χ4v) is 1.18. The number of carbonyl (C=O) groups excluding carboxylic acids is 1. The molecular formula is C11H20O2. The number of aliphatic hydroxyl groups is 1. The molecule has 0 spiro atoms. The maximum Gasteiger partial charge on any atom is 0.164 e. The van der Waals surface area contributed by atoms with Gasteiger partial charge in [0.2, 0.25) is 0 Å². The Morgan fingerprint density at radius 1 is 1.15 bits per heavy atom. The lowest BCUT2D eigenvalue weighted by Crippen LogP contribution is -2.14. The molecule has 76 valence electrons. The van der Waals surface area contributed by atoms with Gasteiger partial charge in [0, 0.05) is 17.4 Å². The zero-order valence-corrected chi connectivity index (χ0v) is 9.22. The van der Waals surface area contributed by atoms with Gasteiger partial charge in [-0.1, -0.05) is 34.6 Å². The van der Waals surface area contributed by atoms with E-state index in [2.05, 4.69) is 0 Å². The Balaban J connectivity index is 4.88. The average Bonchev–Trinajstić information content (AvgIpc) is 2.04. The average molecular weight is 184 g/mol. The second-order valence-corrected chi connectivity index (χ2v) is 3.89. The molecule has 1 N–H and O–H groups in total. The predicted molar refractivity (Wildman–Crippen MR) is 54.6 cm³/mol. The summed E-state index contributed by atoms with van der Waals surface area (Å²) >= 11 is 0. The van der Waals surface area contributed by atoms with E-state index in [-0.39, 0.29) is 23.4 Å². The van der Waals surface area contributed by atoms with Crippen LogP contribution in [0.15, 0.2) is 11.3 Å². The van der Waals surface area contributed by atoms with Gasteiger partial charge in [-0.25, -0.2) is 0 Å². The van der Waals surface area contributed by atoms with Crippen molar-refractivity contribution in [3.63, 3.8) is 0 Å². The maximum absolute atomic E-state index is 11.6. The minimum Gasteiger partial charge on any atom is -0.512 e. The van der Waals surface area contributed by atoms with Gasteiger partial charge in [0.15, 0.2) is 5.78 Å². The molecule has 0 heterocycles. The Labute approximate surface area is 80.7 Å². The third kappa shape index (κ3) is 3.21. The van der Waals surface area contributed by atoms with Gasteiger partial charge < -0.3 is 5.11 Å². The van der Waals surface area contributed by atoms with Crippen molar-refractivity contribution in [3.05, 3.63) is 11.3 Å². The van der Waals surface area contributed by atoms with Crippen LogP contribution in [-0.2, 0) is 4.79 Å². The van der Waals surface area contributed by atoms with Crippen LogP contribution in [0.1, 0.15) is 41.0 Å². The van der Waals surface area contributed by atoms with Gasteiger partial charge in [-0.05, 0) is 6.42 Å². The van der Waals surface area contributed by atoms with Gasteiger partial charge >= 0.3 is 0 Å². The highest BCUT2D eigenvalue weighted by molar-refractivity contribution is 5.97. The van der Waals surface area contributed by atoms with Crippen molar-refractivity contribution in [2.24, 2.45) is 11.8 Å². The standard InChI is InChI=1S/C11H20O2/c1-6-9(10(12)7(2)3)11(13)8(4)5/h7-8,12H,6H2,1-5H3/b10-9-. The van der Waals surface area contributed by atoms with Crippen molar-refractivity contribution in [2.75, 3.05) is 0 Å². The number of aliphatic hydroxyl groups excluding tert-OH is 1. The molecule has 0 saturated heterocycles. The smallest absolute Gasteiger partial charge is 0.164 e. The summed E-state index contributed by atoms with van der Waals surface area (Å²) in [6.07, 6.45) is 0.612. The molecule has 0 bridgehead atoms. The van der Waals surface area contributed by atoms with Crippen LogP contribution in [0, 0.1) is 11.8 Å². The largest absolute Gasteiger partial charge is 0.512 e. The molecule has 0 atom stereocenters. The first-order valence-corrected chi connectivity index (χ1v) is 4.88. The molecule has 0 saturated carbocycles. The lowest BCUT2D eigenvalue weighted by molar-refractivity contribution is -0.118. The Morgan fingerprint density at radius 3 is 1.85 bits per heavy atom. The summed E-state index contributed by atoms with van der Waals surface area (Å²) in [5, 5.41) is 9.66. The topological polar surface area (TPSA) is 37.3 Å². The quantitative estimate of drug-likeness (QED) is 0.538. The Kier molecular flexibility index (Phi) is 4.74. The van der Waals surface area contributed by atoms with E-state index in [1.54, 1.807) is 0 Å². The summed E-state index contributed by atoms with van der Waals surface area (Å²) in [6, 6.07) is 0. The Bertz CT molecular complexity index is 212. The monoisotopic (exact) mass is 184 g/mol. The van der Waals surface area contributed by atoms with Gasteiger partial charge in [0.25, 0.3) is 0 Å². The molecule has 0 rings (SSSR count). The molecule has 2 heteroatoms. The van der Waals surface area contributed by atoms with E-state index < -0.39 is 0 Å². The number of hydrogen-bond donors (Lipinski definition) is 1. The fourth-order valence-electron chi connectivity index (χ4n) is 1.18. The first-order valence-electron chi connectivity index (χ1n) is 4.88. The summed E-state index contributed by atoms with van der Waals surface area (Å²) in [5.74, 6) is 0.323. The molecule has 0 aromatic heterocycles. The highest BCUT2D eigenvalue weighted by Gasteiger charge is 2.17. The SMILES string of the molecule is CC/C(C(=O)C(C)C)=C(/O)C(C)C. The van der Waals surface area contributed by atoms with Gasteiger partial charge in [0.1, 0.15) is 5.76 Å². The first kappa shape index (κ1) is 12.2. The van der Waals surface area contributed by atoms with E-state index in [0.717, 1.165) is 0 Å². The van der Waals surface area contributed by atoms with Crippen molar-refractivity contribution < 1.29 is 9.90 Å². The number of ketones is 1. The van der Waals surface area contributed by atoms with Gasteiger partial charge in [0.05, 0.1) is 0 Å². The van der Waals surface area contributed by atoms with Crippen LogP contribution >= 0.6 is 0 Å². The summed E-state index contributed by atoms with van der Waals surface area (Å²) < 4.78 is 0. The van der Waals surface area contributed by atoms with Crippen molar-refractivity contribution in [2.45, 2.75) is 41.0 Å². The third-order valence-electron chi connectivity index (χ3n) is 2.03. The summed E-state index contributed by atoms with van der Waals surface area (Å²) in [6.45, 7) is 9.38. The van der Waals surface area contributed by atoms with Crippen LogP contribution in [-0.4, -0.2) is 10.9 Å². The second-order valence-electron chi connectivity index (χ2n) is 3.89. The normalized spacial score (nSPS) is 13.5. The van der Waals surface area contributed by atoms with E-state index in [4.69, 9.17) is 0 Å². The number of Topliss-reactive ketones (excluding diaryl/α,β-unsaturated/α-hetero) is 1. The highest BCUT2D eigenvalue weighted by Crippen LogP contribution is 2.18. The number of allylic oxidation sites excluding steroid dienone is 2. The molecule has 0 aliphatic carbocycles. The van der Waals surface area contributed by atoms with Crippen LogP contribution < -0.4 is 0 Å². The molecule has 0 amide bonds. The predicted octanol–water partition coefficient (Wildman–Crippen LogP) is 3.09. The number of carbonyl (C=O) groups is 1. The van der Waals surface area contributed by atoms with E-state index in [1.807, 2.05) is 34.6 Å². The molecule has 2 nitrogen and oxygen atoms in total. The lowest BCUT2D eigenvalue weighted by Gasteiger charge is -2.12. The van der Waals surface area contributed by atoms with Crippen LogP contribution in [0.3, 0.4) is 0 Å². The van der Waals surface area contributed by atoms with E-state index in [9.17, 15) is 9.90 Å². The third-order valence-corrected chi connectivity index (χ3v) is 2.03. The van der Waals surface area contributed by atoms with Crippen LogP contribution in [0.2, 0.25) is 0 Å². The van der Waals surface area contributed by atoms with Crippen molar-refractivity contribution in [1.82, 2.24) is 0 Å². The molecule has 0 aromatic rings. The summed E-state index contributed by atoms with van der Waals surface area (Å²) in [7, 11) is 0. The van der Waals surface area contributed by atoms with Gasteiger partial charge in [-0.15, -0.1) is 0 Å². The first-order chi connectivity index (χ1) is 5.91. The zero-order chi connectivity index (χ0) is 10.6. The zero-order valence-electron chi connectivity index (χ0n) is 9.22. The fraction of sp³-hybridized carbons (Fsp3) is 0.727. The lowest BCUT2D eigenvalue weighted by atomic mass is 9.95. The van der Waals surface area contributed by atoms with Crippen molar-refractivity contribution in [1.29, 1.82) is 0 Å². The molecule has 0 aromatic carbocycles. The van der Waals surface area contributed by atoms with E-state index >= 15 is 0 Å². The maximum atomic E-state index is 11.6. The minimum atomic E-state index is -0.0316. The van der Waals surface area contributed by atoms with Crippen molar-refractivity contribution in [3.8, 4) is 0 Å². The van der Waals surface area contributed by atoms with E-state index in [0.29, 0.717) is 12.0 Å². The summed E-state index contributed by atoms with van der Waals surface area (Å²) in [4.78, 5) is 11.6. The second kappa shape index (κ2) is 5.05.